The molecule has 1 aromatic rings. The van der Waals surface area contributed by atoms with Crippen molar-refractivity contribution in [2.45, 2.75) is 32.4 Å². The molecular weight excluding hydrogens is 276 g/mol. The summed E-state index contributed by atoms with van der Waals surface area (Å²) in [4.78, 5) is 14.8. The number of nitrogens with one attached hydrogen (secondary N) is 1. The molecule has 4 nitrogen and oxygen atoms in total. The first-order valence-corrected chi connectivity index (χ1v) is 8.23. The third-order valence-electron chi connectivity index (χ3n) is 4.65. The Morgan fingerprint density at radius 1 is 1.36 bits per heavy atom. The Morgan fingerprint density at radius 2 is 2.18 bits per heavy atom. The predicted octanol–water partition coefficient (Wildman–Crippen LogP) is 1.97. The number of rotatable bonds is 6. The van der Waals surface area contributed by atoms with Gasteiger partial charge < -0.3 is 10.1 Å². The van der Waals surface area contributed by atoms with Gasteiger partial charge in [0.05, 0.1) is 12.5 Å². The lowest BCUT2D eigenvalue weighted by Crippen LogP contribution is -2.37. The fourth-order valence-corrected chi connectivity index (χ4v) is 3.37. The fraction of sp³-hybridized carbons (Fsp3) is 0.611. The van der Waals surface area contributed by atoms with E-state index in [1.54, 1.807) is 7.11 Å². The molecule has 0 unspecified atom stereocenters. The third-order valence-corrected chi connectivity index (χ3v) is 4.65. The van der Waals surface area contributed by atoms with Crippen molar-refractivity contribution in [3.8, 4) is 0 Å². The van der Waals surface area contributed by atoms with Gasteiger partial charge in [0.15, 0.2) is 0 Å². The van der Waals surface area contributed by atoms with Gasteiger partial charge in [-0.05, 0) is 25.3 Å². The molecular formula is C18H26N2O2. The molecule has 1 aliphatic heterocycles. The molecule has 1 amide bonds. The van der Waals surface area contributed by atoms with Gasteiger partial charge in [-0.3, -0.25) is 9.69 Å². The lowest BCUT2D eigenvalue weighted by Gasteiger charge is -2.16. The Kier molecular flexibility index (Phi) is 4.79. The molecule has 1 heterocycles. The summed E-state index contributed by atoms with van der Waals surface area (Å²) >= 11 is 0. The second-order valence-corrected chi connectivity index (χ2v) is 6.79. The number of carbonyl (C=O) groups is 1. The number of aryl methyl sites for hydroxylation is 1. The van der Waals surface area contributed by atoms with E-state index >= 15 is 0 Å². The molecule has 3 rings (SSSR count). The number of likely N-dealkylation sites (tertiary alicyclic amines) is 1. The highest BCUT2D eigenvalue weighted by Gasteiger charge is 2.39. The van der Waals surface area contributed by atoms with Crippen LogP contribution in [0.2, 0.25) is 0 Å². The van der Waals surface area contributed by atoms with E-state index in [0.29, 0.717) is 18.6 Å². The van der Waals surface area contributed by atoms with Gasteiger partial charge in [-0.2, -0.15) is 0 Å². The zero-order valence-electron chi connectivity index (χ0n) is 13.5. The largest absolute Gasteiger partial charge is 0.384 e. The molecule has 1 saturated carbocycles. The van der Waals surface area contributed by atoms with Gasteiger partial charge in [0, 0.05) is 38.7 Å². The summed E-state index contributed by atoms with van der Waals surface area (Å²) in [6.07, 6.45) is 2.28. The van der Waals surface area contributed by atoms with E-state index in [0.717, 1.165) is 32.5 Å². The number of amides is 1. The molecule has 22 heavy (non-hydrogen) atoms. The molecule has 0 radical (unpaired) electrons. The van der Waals surface area contributed by atoms with Gasteiger partial charge >= 0.3 is 0 Å². The topological polar surface area (TPSA) is 41.6 Å². The number of benzene rings is 1. The lowest BCUT2D eigenvalue weighted by molar-refractivity contribution is -0.126. The zero-order chi connectivity index (χ0) is 15.5. The molecule has 1 aliphatic carbocycles. The van der Waals surface area contributed by atoms with E-state index in [9.17, 15) is 4.79 Å². The second-order valence-electron chi connectivity index (χ2n) is 6.79. The van der Waals surface area contributed by atoms with Crippen LogP contribution in [0.3, 0.4) is 0 Å². The van der Waals surface area contributed by atoms with Gasteiger partial charge in [-0.15, -0.1) is 0 Å². The van der Waals surface area contributed by atoms with E-state index < -0.39 is 0 Å². The lowest BCUT2D eigenvalue weighted by atomic mass is 9.96. The van der Waals surface area contributed by atoms with Crippen molar-refractivity contribution in [2.24, 2.45) is 11.8 Å². The highest BCUT2D eigenvalue weighted by molar-refractivity contribution is 5.80. The van der Waals surface area contributed by atoms with Crippen molar-refractivity contribution in [1.29, 1.82) is 0 Å². The molecule has 1 N–H and O–H groups in total. The Hall–Kier alpha value is -1.39. The van der Waals surface area contributed by atoms with Crippen LogP contribution in [-0.4, -0.2) is 43.7 Å². The highest BCUT2D eigenvalue weighted by Crippen LogP contribution is 2.27. The Labute approximate surface area is 132 Å². The van der Waals surface area contributed by atoms with Gasteiger partial charge in [0.2, 0.25) is 5.91 Å². The number of hydrogen-bond donors (Lipinski definition) is 1. The van der Waals surface area contributed by atoms with E-state index in [-0.39, 0.29) is 11.8 Å². The minimum absolute atomic E-state index is 0.0605. The Bertz CT molecular complexity index is 528. The van der Waals surface area contributed by atoms with Gasteiger partial charge in [-0.1, -0.05) is 29.8 Å². The summed E-state index contributed by atoms with van der Waals surface area (Å²) in [6.45, 7) is 5.46. The van der Waals surface area contributed by atoms with E-state index in [1.807, 2.05) is 0 Å². The van der Waals surface area contributed by atoms with Crippen LogP contribution in [0, 0.1) is 18.8 Å². The standard InChI is InChI=1S/C18H26N2O2/c1-13-4-3-5-14(8-13)9-20-10-15(12-22-2)17(11-20)18(21)19-16-6-7-16/h3-5,8,15-17H,6-7,9-12H2,1-2H3,(H,19,21)/t15-,17+/m0/s1. The van der Waals surface area contributed by atoms with Crippen LogP contribution >= 0.6 is 0 Å². The average molecular weight is 302 g/mol. The highest BCUT2D eigenvalue weighted by atomic mass is 16.5. The van der Waals surface area contributed by atoms with Crippen LogP contribution in [-0.2, 0) is 16.1 Å². The minimum atomic E-state index is 0.0605. The van der Waals surface area contributed by atoms with Crippen LogP contribution in [0.15, 0.2) is 24.3 Å². The van der Waals surface area contributed by atoms with Crippen molar-refractivity contribution >= 4 is 5.91 Å². The maximum absolute atomic E-state index is 12.4. The molecule has 2 fully saturated rings. The number of methoxy groups -OCH3 is 1. The van der Waals surface area contributed by atoms with Crippen molar-refractivity contribution < 1.29 is 9.53 Å². The predicted molar refractivity (Wildman–Crippen MR) is 86.5 cm³/mol. The first-order chi connectivity index (χ1) is 10.7. The van der Waals surface area contributed by atoms with Crippen LogP contribution in [0.1, 0.15) is 24.0 Å². The van der Waals surface area contributed by atoms with Gasteiger partial charge in [0.1, 0.15) is 0 Å². The quantitative estimate of drug-likeness (QED) is 0.873. The van der Waals surface area contributed by atoms with Crippen molar-refractivity contribution in [1.82, 2.24) is 10.2 Å². The first kappa shape index (κ1) is 15.5. The molecule has 2 atom stereocenters. The molecule has 4 heteroatoms. The summed E-state index contributed by atoms with van der Waals surface area (Å²) in [5.74, 6) is 0.579. The molecule has 1 saturated heterocycles. The minimum Gasteiger partial charge on any atom is -0.384 e. The smallest absolute Gasteiger partial charge is 0.225 e. The molecule has 0 spiro atoms. The van der Waals surface area contributed by atoms with Gasteiger partial charge in [0.25, 0.3) is 0 Å². The third kappa shape index (κ3) is 3.87. The first-order valence-electron chi connectivity index (χ1n) is 8.23. The maximum atomic E-state index is 12.4. The molecule has 1 aromatic carbocycles. The number of hydrogen-bond acceptors (Lipinski definition) is 3. The zero-order valence-corrected chi connectivity index (χ0v) is 13.5. The Balaban J connectivity index is 1.62. The number of nitrogens with zero attached hydrogens (tertiary/aromatic N) is 1. The molecule has 120 valence electrons. The SMILES string of the molecule is COC[C@@H]1CN(Cc2cccc(C)c2)C[C@H]1C(=O)NC1CC1. The molecule has 0 bridgehead atoms. The summed E-state index contributed by atoms with van der Waals surface area (Å²) in [5.41, 5.74) is 2.60. The number of carbonyl (C=O) groups excluding carboxylic acids is 1. The average Bonchev–Trinajstić information content (AvgIpc) is 3.19. The molecule has 0 aromatic heterocycles. The van der Waals surface area contributed by atoms with Gasteiger partial charge in [-0.25, -0.2) is 0 Å². The number of ether oxygens (including phenoxy) is 1. The normalized spacial score (nSPS) is 25.4. The summed E-state index contributed by atoms with van der Waals surface area (Å²) in [7, 11) is 1.72. The van der Waals surface area contributed by atoms with Crippen LogP contribution in [0.4, 0.5) is 0 Å². The molecule has 2 aliphatic rings. The van der Waals surface area contributed by atoms with Crippen molar-refractivity contribution in [3.63, 3.8) is 0 Å². The maximum Gasteiger partial charge on any atom is 0.225 e. The second kappa shape index (κ2) is 6.80. The summed E-state index contributed by atoms with van der Waals surface area (Å²) in [6, 6.07) is 9.04. The summed E-state index contributed by atoms with van der Waals surface area (Å²) < 4.78 is 5.34. The fourth-order valence-electron chi connectivity index (χ4n) is 3.37. The Morgan fingerprint density at radius 3 is 2.86 bits per heavy atom. The monoisotopic (exact) mass is 302 g/mol. The van der Waals surface area contributed by atoms with Crippen LogP contribution in [0.25, 0.3) is 0 Å². The van der Waals surface area contributed by atoms with Crippen molar-refractivity contribution in [2.75, 3.05) is 26.8 Å². The van der Waals surface area contributed by atoms with E-state index in [2.05, 4.69) is 41.4 Å². The van der Waals surface area contributed by atoms with Crippen LogP contribution < -0.4 is 5.32 Å². The summed E-state index contributed by atoms with van der Waals surface area (Å²) in [5, 5.41) is 3.16. The van der Waals surface area contributed by atoms with E-state index in [4.69, 9.17) is 4.74 Å². The van der Waals surface area contributed by atoms with Crippen molar-refractivity contribution in [3.05, 3.63) is 35.4 Å². The van der Waals surface area contributed by atoms with Crippen LogP contribution in [0.5, 0.6) is 0 Å². The van der Waals surface area contributed by atoms with E-state index in [1.165, 1.54) is 11.1 Å².